The van der Waals surface area contributed by atoms with Crippen LogP contribution in [0, 0.1) is 0 Å². The van der Waals surface area contributed by atoms with Crippen molar-refractivity contribution in [2.24, 2.45) is 0 Å². The van der Waals surface area contributed by atoms with E-state index in [1.54, 1.807) is 0 Å². The first-order valence-corrected chi connectivity index (χ1v) is 8.47. The van der Waals surface area contributed by atoms with Gasteiger partial charge in [-0.1, -0.05) is 6.58 Å². The van der Waals surface area contributed by atoms with Gasteiger partial charge in [-0.25, -0.2) is 4.79 Å². The summed E-state index contributed by atoms with van der Waals surface area (Å²) in [7, 11) is 0. The Morgan fingerprint density at radius 1 is 1.11 bits per heavy atom. The van der Waals surface area contributed by atoms with E-state index in [9.17, 15) is 36.2 Å². The molecular weight excluding hydrogens is 382 g/mol. The van der Waals surface area contributed by atoms with Crippen molar-refractivity contribution < 1.29 is 45.7 Å². The zero-order valence-corrected chi connectivity index (χ0v) is 15.2. The van der Waals surface area contributed by atoms with Crippen LogP contribution < -0.4 is 0 Å². The van der Waals surface area contributed by atoms with Crippen molar-refractivity contribution in [1.29, 1.82) is 0 Å². The maximum absolute atomic E-state index is 12.8. The number of halogens is 6. The third-order valence-corrected chi connectivity index (χ3v) is 4.65. The van der Waals surface area contributed by atoms with Crippen LogP contribution in [0.2, 0.25) is 0 Å². The molecule has 1 aliphatic carbocycles. The second-order valence-corrected chi connectivity index (χ2v) is 7.19. The van der Waals surface area contributed by atoms with Gasteiger partial charge in [0.1, 0.15) is 6.10 Å². The molecule has 0 atom stereocenters. The number of rotatable bonds is 5. The highest BCUT2D eigenvalue weighted by molar-refractivity contribution is 5.87. The largest absolute Gasteiger partial charge is 0.459 e. The summed E-state index contributed by atoms with van der Waals surface area (Å²) in [5.41, 5.74) is -5.94. The molecule has 1 aliphatic rings. The minimum Gasteiger partial charge on any atom is -0.459 e. The normalized spacial score (nSPS) is 25.4. The van der Waals surface area contributed by atoms with Crippen molar-refractivity contribution in [3.8, 4) is 0 Å². The van der Waals surface area contributed by atoms with Crippen molar-refractivity contribution in [3.63, 3.8) is 0 Å². The van der Waals surface area contributed by atoms with Crippen LogP contribution in [0.15, 0.2) is 12.2 Å². The summed E-state index contributed by atoms with van der Waals surface area (Å²) in [4.78, 5) is 11.6. The zero-order chi connectivity index (χ0) is 21.1. The van der Waals surface area contributed by atoms with Crippen molar-refractivity contribution in [2.75, 3.05) is 6.61 Å². The Kier molecular flexibility index (Phi) is 7.37. The lowest BCUT2D eigenvalue weighted by molar-refractivity contribution is -0.382. The molecule has 0 aliphatic heterocycles. The van der Waals surface area contributed by atoms with Crippen molar-refractivity contribution >= 4 is 5.97 Å². The van der Waals surface area contributed by atoms with E-state index in [4.69, 9.17) is 9.47 Å². The summed E-state index contributed by atoms with van der Waals surface area (Å²) in [6, 6.07) is 0. The van der Waals surface area contributed by atoms with Gasteiger partial charge in [0.25, 0.3) is 5.60 Å². The van der Waals surface area contributed by atoms with Gasteiger partial charge in [0.2, 0.25) is 0 Å². The molecule has 27 heavy (non-hydrogen) atoms. The van der Waals surface area contributed by atoms with Gasteiger partial charge < -0.3 is 14.6 Å². The lowest BCUT2D eigenvalue weighted by atomic mass is 9.87. The van der Waals surface area contributed by atoms with Crippen LogP contribution in [-0.2, 0) is 14.3 Å². The van der Waals surface area contributed by atoms with Crippen molar-refractivity contribution in [2.45, 2.75) is 82.0 Å². The molecule has 1 rings (SSSR count). The van der Waals surface area contributed by atoms with E-state index in [0.29, 0.717) is 25.7 Å². The van der Waals surface area contributed by atoms with E-state index in [1.807, 2.05) is 0 Å². The number of aliphatic hydroxyl groups is 1. The smallest absolute Gasteiger partial charge is 0.428 e. The molecule has 0 saturated heterocycles. The third kappa shape index (κ3) is 6.10. The number of esters is 1. The van der Waals surface area contributed by atoms with Gasteiger partial charge in [-0.05, 0) is 52.4 Å². The molecule has 0 aromatic rings. The molecular formula is C17H24F6O4. The predicted octanol–water partition coefficient (Wildman–Crippen LogP) is 4.46. The number of hydrogen-bond acceptors (Lipinski definition) is 4. The van der Waals surface area contributed by atoms with Gasteiger partial charge >= 0.3 is 18.3 Å². The Balaban J connectivity index is 2.72. The summed E-state index contributed by atoms with van der Waals surface area (Å²) in [5, 5.41) is 9.21. The van der Waals surface area contributed by atoms with Crippen LogP contribution in [0.5, 0.6) is 0 Å². The SMILES string of the molecule is C=C(C)C(=O)OC1CCCC(C)(OCC(O)(C(F)(F)F)C(F)(F)F)CCC1. The highest BCUT2D eigenvalue weighted by Gasteiger charge is 2.71. The van der Waals surface area contributed by atoms with Crippen molar-refractivity contribution in [3.05, 3.63) is 12.2 Å². The van der Waals surface area contributed by atoms with Gasteiger partial charge in [-0.3, -0.25) is 0 Å². The summed E-state index contributed by atoms with van der Waals surface area (Å²) >= 11 is 0. The third-order valence-electron chi connectivity index (χ3n) is 4.65. The molecule has 158 valence electrons. The molecule has 4 nitrogen and oxygen atoms in total. The van der Waals surface area contributed by atoms with Crippen LogP contribution in [0.4, 0.5) is 26.3 Å². The summed E-state index contributed by atoms with van der Waals surface area (Å²) in [6.07, 6.45) is -10.3. The number of carbonyl (C=O) groups is 1. The Bertz CT molecular complexity index is 517. The van der Waals surface area contributed by atoms with E-state index >= 15 is 0 Å². The molecule has 0 spiro atoms. The van der Waals surface area contributed by atoms with E-state index in [2.05, 4.69) is 6.58 Å². The topological polar surface area (TPSA) is 55.8 Å². The maximum atomic E-state index is 12.8. The molecule has 1 fully saturated rings. The molecule has 1 saturated carbocycles. The van der Waals surface area contributed by atoms with E-state index in [-0.39, 0.29) is 24.5 Å². The standard InChI is InChI=1S/C17H24F6O4/c1-11(2)13(24)27-12-6-4-8-14(3,9-5-7-12)26-10-15(25,16(18,19)20)17(21,22)23/h12,25H,1,4-10H2,2-3H3. The van der Waals surface area contributed by atoms with Crippen LogP contribution in [-0.4, -0.2) is 47.3 Å². The lowest BCUT2D eigenvalue weighted by Gasteiger charge is -2.38. The van der Waals surface area contributed by atoms with E-state index in [1.165, 1.54) is 13.8 Å². The molecule has 1 N–H and O–H groups in total. The van der Waals surface area contributed by atoms with Gasteiger partial charge in [0, 0.05) is 5.57 Å². The van der Waals surface area contributed by atoms with E-state index in [0.717, 1.165) is 0 Å². The molecule has 10 heteroatoms. The van der Waals surface area contributed by atoms with Gasteiger partial charge in [-0.2, -0.15) is 26.3 Å². The molecule has 0 heterocycles. The minimum atomic E-state index is -5.91. The molecule has 0 aromatic heterocycles. The Morgan fingerprint density at radius 2 is 1.56 bits per heavy atom. The monoisotopic (exact) mass is 406 g/mol. The second kappa shape index (κ2) is 8.38. The Morgan fingerprint density at radius 3 is 1.93 bits per heavy atom. The summed E-state index contributed by atoms with van der Waals surface area (Å²) < 4.78 is 86.8. The minimum absolute atomic E-state index is 0.167. The van der Waals surface area contributed by atoms with Crippen LogP contribution in [0.25, 0.3) is 0 Å². The number of hydrogen-bond donors (Lipinski definition) is 1. The number of ether oxygens (including phenoxy) is 2. The van der Waals surface area contributed by atoms with Crippen molar-refractivity contribution in [1.82, 2.24) is 0 Å². The fourth-order valence-electron chi connectivity index (χ4n) is 2.79. The number of alkyl halides is 6. The molecule has 0 amide bonds. The van der Waals surface area contributed by atoms with Crippen LogP contribution in [0.3, 0.4) is 0 Å². The first-order chi connectivity index (χ1) is 12.1. The maximum Gasteiger partial charge on any atom is 0.428 e. The van der Waals surface area contributed by atoms with Gasteiger partial charge in [-0.15, -0.1) is 0 Å². The average Bonchev–Trinajstić information content (AvgIpc) is 2.48. The first-order valence-electron chi connectivity index (χ1n) is 8.47. The lowest BCUT2D eigenvalue weighted by Crippen LogP contribution is -2.61. The molecule has 0 radical (unpaired) electrons. The van der Waals surface area contributed by atoms with E-state index < -0.39 is 36.1 Å². The fraction of sp³-hybridized carbons (Fsp3) is 0.824. The van der Waals surface area contributed by atoms with Gasteiger partial charge in [0.05, 0.1) is 12.2 Å². The van der Waals surface area contributed by atoms with Crippen LogP contribution >= 0.6 is 0 Å². The van der Waals surface area contributed by atoms with Gasteiger partial charge in [0.15, 0.2) is 0 Å². The Labute approximate surface area is 153 Å². The first kappa shape index (κ1) is 23.7. The second-order valence-electron chi connectivity index (χ2n) is 7.19. The highest BCUT2D eigenvalue weighted by Crippen LogP contribution is 2.44. The quantitative estimate of drug-likeness (QED) is 0.416. The summed E-state index contributed by atoms with van der Waals surface area (Å²) in [6.45, 7) is 4.46. The number of carbonyl (C=O) groups excluding carboxylic acids is 1. The summed E-state index contributed by atoms with van der Waals surface area (Å²) in [5.74, 6) is -0.542. The average molecular weight is 406 g/mol. The molecule has 0 unspecified atom stereocenters. The molecule has 0 aromatic carbocycles. The van der Waals surface area contributed by atoms with Crippen LogP contribution in [0.1, 0.15) is 52.4 Å². The Hall–Kier alpha value is -1.29. The predicted molar refractivity (Wildman–Crippen MR) is 83.8 cm³/mol. The molecule has 0 bridgehead atoms. The fourth-order valence-corrected chi connectivity index (χ4v) is 2.79. The zero-order valence-electron chi connectivity index (χ0n) is 15.2. The highest BCUT2D eigenvalue weighted by atomic mass is 19.4.